The number of nitrogen functional groups attached to an aromatic ring is 1. The van der Waals surface area contributed by atoms with Crippen molar-refractivity contribution in [2.75, 3.05) is 18.8 Å². The normalized spacial score (nSPS) is 16.8. The molecule has 7 heteroatoms. The number of hydrogen-bond acceptors (Lipinski definition) is 4. The number of nitrogens with zero attached hydrogens (tertiary/aromatic N) is 2. The average molecular weight is 373 g/mol. The minimum Gasteiger partial charge on any atom is -0.382 e. The fraction of sp³-hybridized carbons (Fsp3) is 0.316. The maximum absolute atomic E-state index is 12.4. The first kappa shape index (κ1) is 18.2. The van der Waals surface area contributed by atoms with Crippen LogP contribution in [0.1, 0.15) is 30.1 Å². The van der Waals surface area contributed by atoms with Crippen LogP contribution in [0.15, 0.2) is 36.5 Å². The molecule has 0 bridgehead atoms. The van der Waals surface area contributed by atoms with E-state index in [1.807, 2.05) is 19.1 Å². The Hall–Kier alpha value is -2.60. The molecule has 1 aromatic heterocycles. The first-order valence-corrected chi connectivity index (χ1v) is 8.95. The Morgan fingerprint density at radius 1 is 1.35 bits per heavy atom. The SMILES string of the molecule is CCCN1C[C@H](NC(=O)c2ccc(-c3cnc(N)c(Cl)c3)cc2)CC1=O. The van der Waals surface area contributed by atoms with Crippen LogP contribution >= 0.6 is 11.6 Å². The van der Waals surface area contributed by atoms with Crippen LogP contribution in [-0.2, 0) is 4.79 Å². The summed E-state index contributed by atoms with van der Waals surface area (Å²) < 4.78 is 0. The van der Waals surface area contributed by atoms with E-state index < -0.39 is 0 Å². The summed E-state index contributed by atoms with van der Waals surface area (Å²) in [5.41, 5.74) is 7.89. The van der Waals surface area contributed by atoms with Gasteiger partial charge in [-0.2, -0.15) is 0 Å². The molecular formula is C19H21ClN4O2. The van der Waals surface area contributed by atoms with Crippen molar-refractivity contribution in [3.63, 3.8) is 0 Å². The highest BCUT2D eigenvalue weighted by molar-refractivity contribution is 6.33. The third-order valence-corrected chi connectivity index (χ3v) is 4.70. The second-order valence-electron chi connectivity index (χ2n) is 6.38. The molecule has 3 rings (SSSR count). The predicted molar refractivity (Wildman–Crippen MR) is 102 cm³/mol. The van der Waals surface area contributed by atoms with Crippen LogP contribution in [0, 0.1) is 0 Å². The van der Waals surface area contributed by atoms with Gasteiger partial charge in [0.15, 0.2) is 0 Å². The summed E-state index contributed by atoms with van der Waals surface area (Å²) in [6, 6.07) is 8.76. The lowest BCUT2D eigenvalue weighted by Crippen LogP contribution is -2.37. The van der Waals surface area contributed by atoms with Gasteiger partial charge >= 0.3 is 0 Å². The third kappa shape index (κ3) is 3.96. The minimum absolute atomic E-state index is 0.0974. The van der Waals surface area contributed by atoms with Gasteiger partial charge in [-0.15, -0.1) is 0 Å². The summed E-state index contributed by atoms with van der Waals surface area (Å²) in [4.78, 5) is 30.2. The second-order valence-corrected chi connectivity index (χ2v) is 6.79. The summed E-state index contributed by atoms with van der Waals surface area (Å²) >= 11 is 6.00. The van der Waals surface area contributed by atoms with Gasteiger partial charge in [0.1, 0.15) is 5.82 Å². The number of amides is 2. The van der Waals surface area contributed by atoms with Gasteiger partial charge in [0.2, 0.25) is 5.91 Å². The fourth-order valence-corrected chi connectivity index (χ4v) is 3.21. The highest BCUT2D eigenvalue weighted by atomic mass is 35.5. The van der Waals surface area contributed by atoms with E-state index in [0.29, 0.717) is 23.6 Å². The highest BCUT2D eigenvalue weighted by Crippen LogP contribution is 2.25. The van der Waals surface area contributed by atoms with Crippen LogP contribution < -0.4 is 11.1 Å². The molecule has 0 aliphatic carbocycles. The quantitative estimate of drug-likeness (QED) is 0.844. The first-order chi connectivity index (χ1) is 12.5. The largest absolute Gasteiger partial charge is 0.382 e. The summed E-state index contributed by atoms with van der Waals surface area (Å²) in [6.07, 6.45) is 2.92. The zero-order valence-corrected chi connectivity index (χ0v) is 15.3. The molecule has 0 saturated carbocycles. The molecule has 2 amide bonds. The van der Waals surface area contributed by atoms with Crippen molar-refractivity contribution in [3.8, 4) is 11.1 Å². The van der Waals surface area contributed by atoms with E-state index in [0.717, 1.165) is 24.1 Å². The molecule has 136 valence electrons. The van der Waals surface area contributed by atoms with Gasteiger partial charge in [0.05, 0.1) is 11.1 Å². The Morgan fingerprint density at radius 2 is 2.08 bits per heavy atom. The van der Waals surface area contributed by atoms with Crippen LogP contribution in [0.4, 0.5) is 5.82 Å². The number of carbonyl (C=O) groups excluding carboxylic acids is 2. The lowest BCUT2D eigenvalue weighted by atomic mass is 10.1. The molecule has 6 nitrogen and oxygen atoms in total. The molecular weight excluding hydrogens is 352 g/mol. The summed E-state index contributed by atoms with van der Waals surface area (Å²) in [5, 5.41) is 3.33. The molecule has 0 spiro atoms. The van der Waals surface area contributed by atoms with Crippen LogP contribution in [0.25, 0.3) is 11.1 Å². The van der Waals surface area contributed by atoms with Gasteiger partial charge in [-0.25, -0.2) is 4.98 Å². The molecule has 1 atom stereocenters. The first-order valence-electron chi connectivity index (χ1n) is 8.58. The Morgan fingerprint density at radius 3 is 2.73 bits per heavy atom. The smallest absolute Gasteiger partial charge is 0.251 e. The Labute approximate surface area is 157 Å². The zero-order valence-electron chi connectivity index (χ0n) is 14.5. The monoisotopic (exact) mass is 372 g/mol. The number of nitrogens with one attached hydrogen (secondary N) is 1. The third-order valence-electron chi connectivity index (χ3n) is 4.39. The van der Waals surface area contributed by atoms with E-state index in [1.54, 1.807) is 29.3 Å². The number of carbonyl (C=O) groups is 2. The Balaban J connectivity index is 1.66. The molecule has 3 N–H and O–H groups in total. The van der Waals surface area contributed by atoms with Gasteiger partial charge in [-0.1, -0.05) is 30.7 Å². The van der Waals surface area contributed by atoms with E-state index >= 15 is 0 Å². The molecule has 1 saturated heterocycles. The Kier molecular flexibility index (Phi) is 5.42. The molecule has 0 unspecified atom stereocenters. The molecule has 1 aliphatic heterocycles. The standard InChI is InChI=1S/C19H21ClN4O2/c1-2-7-24-11-15(9-17(24)25)23-19(26)13-5-3-12(4-6-13)14-8-16(20)18(21)22-10-14/h3-6,8,10,15H,2,7,9,11H2,1H3,(H2,21,22)(H,23,26)/t15-/m1/s1. The molecule has 1 fully saturated rings. The van der Waals surface area contributed by atoms with Gasteiger partial charge in [-0.3, -0.25) is 9.59 Å². The van der Waals surface area contributed by atoms with E-state index in [4.69, 9.17) is 17.3 Å². The van der Waals surface area contributed by atoms with Crippen LogP contribution in [0.3, 0.4) is 0 Å². The van der Waals surface area contributed by atoms with Crippen LogP contribution in [0.5, 0.6) is 0 Å². The fourth-order valence-electron chi connectivity index (χ4n) is 3.04. The van der Waals surface area contributed by atoms with E-state index in [2.05, 4.69) is 10.3 Å². The minimum atomic E-state index is -0.179. The zero-order chi connectivity index (χ0) is 18.7. The van der Waals surface area contributed by atoms with Gasteiger partial charge in [0.25, 0.3) is 5.91 Å². The van der Waals surface area contributed by atoms with Gasteiger partial charge in [0, 0.05) is 36.8 Å². The van der Waals surface area contributed by atoms with Crippen LogP contribution in [-0.4, -0.2) is 40.8 Å². The molecule has 1 aromatic carbocycles. The van der Waals surface area contributed by atoms with E-state index in [1.165, 1.54) is 0 Å². The van der Waals surface area contributed by atoms with Crippen molar-refractivity contribution in [1.29, 1.82) is 0 Å². The van der Waals surface area contributed by atoms with Crippen molar-refractivity contribution in [2.45, 2.75) is 25.8 Å². The summed E-state index contributed by atoms with van der Waals surface area (Å²) in [5.74, 6) is 0.205. The van der Waals surface area contributed by atoms with Gasteiger partial charge < -0.3 is 16.0 Å². The maximum atomic E-state index is 12.4. The highest BCUT2D eigenvalue weighted by Gasteiger charge is 2.29. The molecule has 2 heterocycles. The van der Waals surface area contributed by atoms with Crippen molar-refractivity contribution in [3.05, 3.63) is 47.1 Å². The number of aromatic nitrogens is 1. The lowest BCUT2D eigenvalue weighted by Gasteiger charge is -2.16. The van der Waals surface area contributed by atoms with Crippen molar-refractivity contribution >= 4 is 29.2 Å². The van der Waals surface area contributed by atoms with E-state index in [-0.39, 0.29) is 23.7 Å². The average Bonchev–Trinajstić information content (AvgIpc) is 2.97. The molecule has 1 aliphatic rings. The number of anilines is 1. The van der Waals surface area contributed by atoms with Crippen molar-refractivity contribution < 1.29 is 9.59 Å². The number of likely N-dealkylation sites (tertiary alicyclic amines) is 1. The number of nitrogens with two attached hydrogens (primary N) is 1. The summed E-state index contributed by atoms with van der Waals surface area (Å²) in [7, 11) is 0. The number of benzene rings is 1. The van der Waals surface area contributed by atoms with Crippen molar-refractivity contribution in [1.82, 2.24) is 15.2 Å². The number of halogens is 1. The van der Waals surface area contributed by atoms with E-state index in [9.17, 15) is 9.59 Å². The Bertz CT molecular complexity index is 823. The maximum Gasteiger partial charge on any atom is 0.251 e. The topological polar surface area (TPSA) is 88.3 Å². The number of rotatable bonds is 5. The van der Waals surface area contributed by atoms with Crippen LogP contribution in [0.2, 0.25) is 5.02 Å². The molecule has 0 radical (unpaired) electrons. The summed E-state index contributed by atoms with van der Waals surface area (Å²) in [6.45, 7) is 3.34. The molecule has 2 aromatic rings. The predicted octanol–water partition coefficient (Wildman–Crippen LogP) is 2.72. The van der Waals surface area contributed by atoms with Crippen molar-refractivity contribution in [2.24, 2.45) is 0 Å². The second kappa shape index (κ2) is 7.74. The van der Waals surface area contributed by atoms with Gasteiger partial charge in [-0.05, 0) is 30.2 Å². The molecule has 26 heavy (non-hydrogen) atoms. The number of pyridine rings is 1. The lowest BCUT2D eigenvalue weighted by molar-refractivity contribution is -0.127. The number of hydrogen-bond donors (Lipinski definition) is 2.